The predicted molar refractivity (Wildman–Crippen MR) is 145 cm³/mol. The minimum Gasteiger partial charge on any atom is -0.351 e. The number of benzene rings is 2. The number of likely N-dealkylation sites (tertiary alicyclic amines) is 1. The van der Waals surface area contributed by atoms with Gasteiger partial charge in [0.1, 0.15) is 11.2 Å². The summed E-state index contributed by atoms with van der Waals surface area (Å²) in [7, 11) is 0. The number of halogens is 7. The Labute approximate surface area is 244 Å². The van der Waals surface area contributed by atoms with Crippen LogP contribution in [0.5, 0.6) is 0 Å². The highest BCUT2D eigenvalue weighted by atomic mass is 19.4. The van der Waals surface area contributed by atoms with Crippen LogP contribution in [0.1, 0.15) is 73.6 Å². The first-order valence-corrected chi connectivity index (χ1v) is 14.3. The molecular weight excluding hydrogens is 579 g/mol. The van der Waals surface area contributed by atoms with Gasteiger partial charge in [-0.2, -0.15) is 31.5 Å². The molecule has 2 fully saturated rings. The monoisotopic (exact) mass is 611 g/mol. The Bertz CT molecular complexity index is 1350. The van der Waals surface area contributed by atoms with E-state index in [9.17, 15) is 35.5 Å². The van der Waals surface area contributed by atoms with E-state index in [-0.39, 0.29) is 29.3 Å². The lowest BCUT2D eigenvalue weighted by molar-refractivity contribution is -0.143. The maximum Gasteiger partial charge on any atom is 0.416 e. The lowest BCUT2D eigenvalue weighted by Gasteiger charge is -2.37. The van der Waals surface area contributed by atoms with Crippen molar-refractivity contribution in [2.24, 2.45) is 20.6 Å². The molecule has 5 rings (SSSR count). The lowest BCUT2D eigenvalue weighted by Crippen LogP contribution is -2.46. The number of azo groups is 1. The van der Waals surface area contributed by atoms with Gasteiger partial charge in [0.05, 0.1) is 11.1 Å². The number of carbonyl (C=O) groups excluding carboxylic acids is 1. The summed E-state index contributed by atoms with van der Waals surface area (Å²) in [5.41, 5.74) is -3.32. The molecule has 2 aromatic carbocycles. The van der Waals surface area contributed by atoms with Crippen molar-refractivity contribution in [3.63, 3.8) is 0 Å². The molecule has 0 bridgehead atoms. The van der Waals surface area contributed by atoms with Gasteiger partial charge >= 0.3 is 12.4 Å². The zero-order valence-electron chi connectivity index (χ0n) is 23.5. The van der Waals surface area contributed by atoms with Crippen molar-refractivity contribution < 1.29 is 35.5 Å². The van der Waals surface area contributed by atoms with Gasteiger partial charge in [0.25, 0.3) is 0 Å². The van der Waals surface area contributed by atoms with Gasteiger partial charge in [-0.05, 0) is 99.0 Å². The van der Waals surface area contributed by atoms with E-state index >= 15 is 0 Å². The molecule has 2 aliphatic heterocycles. The summed E-state index contributed by atoms with van der Waals surface area (Å²) >= 11 is 0. The van der Waals surface area contributed by atoms with Gasteiger partial charge in [-0.15, -0.1) is 5.11 Å². The van der Waals surface area contributed by atoms with Crippen LogP contribution in [0, 0.1) is 11.2 Å². The maximum atomic E-state index is 13.8. The van der Waals surface area contributed by atoms with Crippen molar-refractivity contribution in [2.45, 2.75) is 82.5 Å². The molecule has 1 saturated heterocycles. The average molecular weight is 612 g/mol. The summed E-state index contributed by atoms with van der Waals surface area (Å²) in [6.45, 7) is 2.88. The molecule has 2 heterocycles. The van der Waals surface area contributed by atoms with Crippen molar-refractivity contribution in [1.29, 1.82) is 0 Å². The number of carbonyl (C=O) groups is 1. The number of amidine groups is 1. The van der Waals surface area contributed by atoms with Gasteiger partial charge in [0, 0.05) is 12.6 Å². The second-order valence-electron chi connectivity index (χ2n) is 11.5. The Morgan fingerprint density at radius 1 is 0.977 bits per heavy atom. The van der Waals surface area contributed by atoms with Crippen LogP contribution in [-0.4, -0.2) is 41.9 Å². The molecule has 3 atom stereocenters. The van der Waals surface area contributed by atoms with Crippen molar-refractivity contribution in [2.75, 3.05) is 13.1 Å². The highest BCUT2D eigenvalue weighted by Crippen LogP contribution is 2.45. The lowest BCUT2D eigenvalue weighted by atomic mass is 9.82. The molecule has 1 amide bonds. The smallest absolute Gasteiger partial charge is 0.351 e. The van der Waals surface area contributed by atoms with Crippen LogP contribution in [0.4, 0.5) is 30.7 Å². The number of hydrogen-bond donors (Lipinski definition) is 1. The molecule has 3 unspecified atom stereocenters. The van der Waals surface area contributed by atoms with Crippen molar-refractivity contribution in [3.8, 4) is 0 Å². The van der Waals surface area contributed by atoms with E-state index in [0.29, 0.717) is 43.7 Å². The standard InChI is InChI=1S/C30H32F7N5O/c1-2-25-39-26(41-40-25)28(27(43)38-17-18-13-21(29(32,33)34)15-22(14-18)30(35,36)37)10-7-24(16-28)42-11-8-20(9-12-42)19-3-5-23(31)6-4-19/h3-6,13-15,20,24-25H,2,7-12,16-17H2,1H3,(H,38,43). The molecule has 0 spiro atoms. The van der Waals surface area contributed by atoms with E-state index in [1.54, 1.807) is 12.1 Å². The highest BCUT2D eigenvalue weighted by molar-refractivity contribution is 6.08. The first-order valence-electron chi connectivity index (χ1n) is 14.3. The average Bonchev–Trinajstić information content (AvgIpc) is 3.64. The molecule has 43 heavy (non-hydrogen) atoms. The molecule has 13 heteroatoms. The van der Waals surface area contributed by atoms with Crippen molar-refractivity contribution >= 4 is 11.7 Å². The highest BCUT2D eigenvalue weighted by Gasteiger charge is 2.52. The minimum atomic E-state index is -4.99. The van der Waals surface area contributed by atoms with Crippen LogP contribution in [0.2, 0.25) is 0 Å². The summed E-state index contributed by atoms with van der Waals surface area (Å²) in [6.07, 6.45) is -6.78. The normalized spacial score (nSPS) is 25.3. The van der Waals surface area contributed by atoms with Crippen LogP contribution >= 0.6 is 0 Å². The molecule has 6 nitrogen and oxygen atoms in total. The number of rotatable bonds is 7. The second-order valence-corrected chi connectivity index (χ2v) is 11.5. The topological polar surface area (TPSA) is 69.4 Å². The Balaban J connectivity index is 1.32. The Kier molecular flexibility index (Phi) is 8.65. The predicted octanol–water partition coefficient (Wildman–Crippen LogP) is 7.50. The Hall–Kier alpha value is -3.35. The summed E-state index contributed by atoms with van der Waals surface area (Å²) in [4.78, 5) is 20.6. The zero-order valence-corrected chi connectivity index (χ0v) is 23.5. The maximum absolute atomic E-state index is 13.8. The number of nitrogens with zero attached hydrogens (tertiary/aromatic N) is 4. The summed E-state index contributed by atoms with van der Waals surface area (Å²) in [5.74, 6) is -0.288. The molecule has 3 aliphatic rings. The van der Waals surface area contributed by atoms with Crippen LogP contribution < -0.4 is 5.32 Å². The van der Waals surface area contributed by atoms with Gasteiger partial charge < -0.3 is 10.2 Å². The first kappa shape index (κ1) is 31.1. The van der Waals surface area contributed by atoms with Gasteiger partial charge in [-0.1, -0.05) is 19.1 Å². The third-order valence-electron chi connectivity index (χ3n) is 8.76. The number of aliphatic imine (C=N–C) groups is 1. The number of alkyl halides is 6. The van der Waals surface area contributed by atoms with E-state index in [0.717, 1.165) is 31.5 Å². The number of piperidine rings is 1. The van der Waals surface area contributed by atoms with Gasteiger partial charge in [-0.3, -0.25) is 4.79 Å². The molecule has 1 aliphatic carbocycles. The second kappa shape index (κ2) is 12.0. The quantitative estimate of drug-likeness (QED) is 0.330. The fraction of sp³-hybridized carbons (Fsp3) is 0.533. The third kappa shape index (κ3) is 6.76. The van der Waals surface area contributed by atoms with Crippen LogP contribution in [-0.2, 0) is 23.7 Å². The Morgan fingerprint density at radius 2 is 1.60 bits per heavy atom. The number of hydrogen-bond acceptors (Lipinski definition) is 5. The van der Waals surface area contributed by atoms with Gasteiger partial charge in [-0.25, -0.2) is 9.38 Å². The van der Waals surface area contributed by atoms with Crippen LogP contribution in [0.3, 0.4) is 0 Å². The van der Waals surface area contributed by atoms with Gasteiger partial charge in [0.2, 0.25) is 5.91 Å². The first-order chi connectivity index (χ1) is 20.3. The molecule has 0 radical (unpaired) electrons. The fourth-order valence-corrected chi connectivity index (χ4v) is 6.35. The van der Waals surface area contributed by atoms with E-state index in [1.165, 1.54) is 12.1 Å². The van der Waals surface area contributed by atoms with E-state index in [2.05, 4.69) is 25.4 Å². The van der Waals surface area contributed by atoms with E-state index in [1.807, 2.05) is 6.92 Å². The Morgan fingerprint density at radius 3 is 2.16 bits per heavy atom. The summed E-state index contributed by atoms with van der Waals surface area (Å²) < 4.78 is 93.5. The molecular formula is C30H32F7N5O. The van der Waals surface area contributed by atoms with Crippen molar-refractivity contribution in [3.05, 3.63) is 70.5 Å². The molecule has 232 valence electrons. The SMILES string of the molecule is CCC1N=NC(C2(C(=O)NCc3cc(C(F)(F)F)cc(C(F)(F)F)c3)CCC(N3CCC(c4ccc(F)cc4)CC3)C2)=N1. The number of amides is 1. The summed E-state index contributed by atoms with van der Waals surface area (Å²) in [5, 5.41) is 11.0. The minimum absolute atomic E-state index is 0.00360. The molecule has 0 aromatic heterocycles. The van der Waals surface area contributed by atoms with E-state index in [4.69, 9.17) is 0 Å². The molecule has 1 N–H and O–H groups in total. The zero-order chi connectivity index (χ0) is 31.0. The third-order valence-corrected chi connectivity index (χ3v) is 8.76. The number of nitrogens with one attached hydrogen (secondary N) is 1. The van der Waals surface area contributed by atoms with Gasteiger partial charge in [0.15, 0.2) is 12.0 Å². The van der Waals surface area contributed by atoms with Crippen LogP contribution in [0.25, 0.3) is 0 Å². The van der Waals surface area contributed by atoms with Crippen LogP contribution in [0.15, 0.2) is 57.7 Å². The van der Waals surface area contributed by atoms with E-state index < -0.39 is 47.5 Å². The summed E-state index contributed by atoms with van der Waals surface area (Å²) in [6, 6.07) is 7.81. The molecule has 2 aromatic rings. The fourth-order valence-electron chi connectivity index (χ4n) is 6.35. The molecule has 1 saturated carbocycles. The van der Waals surface area contributed by atoms with Crippen molar-refractivity contribution in [1.82, 2.24) is 10.2 Å². The largest absolute Gasteiger partial charge is 0.416 e.